The molecule has 1 heterocycles. The van der Waals surface area contributed by atoms with E-state index < -0.39 is 5.91 Å². The van der Waals surface area contributed by atoms with Crippen molar-refractivity contribution in [3.63, 3.8) is 0 Å². The number of nitrogens with zero attached hydrogens (tertiary/aromatic N) is 1. The molecule has 0 aliphatic carbocycles. The van der Waals surface area contributed by atoms with Crippen LogP contribution in [0.3, 0.4) is 0 Å². The molecule has 0 unspecified atom stereocenters. The van der Waals surface area contributed by atoms with Gasteiger partial charge < -0.3 is 10.2 Å². The Labute approximate surface area is 218 Å². The number of nitrogens with one attached hydrogen (secondary N) is 1. The van der Waals surface area contributed by atoms with Crippen LogP contribution in [0.5, 0.6) is 0 Å². The Hall–Kier alpha value is -3.31. The molecule has 0 spiro atoms. The zero-order valence-corrected chi connectivity index (χ0v) is 20.7. The van der Waals surface area contributed by atoms with Crippen molar-refractivity contribution >= 4 is 58.0 Å². The van der Waals surface area contributed by atoms with Crippen LogP contribution in [-0.2, 0) is 13.0 Å². The summed E-state index contributed by atoms with van der Waals surface area (Å²) in [6.07, 6.45) is 0.700. The number of halogens is 3. The molecule has 0 radical (unpaired) electrons. The first-order valence-corrected chi connectivity index (χ1v) is 12.1. The molecule has 4 aromatic rings. The zero-order valence-electron chi connectivity index (χ0n) is 18.4. The van der Waals surface area contributed by atoms with Crippen LogP contribution >= 0.6 is 34.8 Å². The summed E-state index contributed by atoms with van der Waals surface area (Å²) >= 11 is 18.5. The van der Waals surface area contributed by atoms with Gasteiger partial charge in [-0.05, 0) is 77.7 Å². The molecule has 2 amide bonds. The second-order valence-electron chi connectivity index (χ2n) is 8.24. The third-order valence-corrected chi connectivity index (χ3v) is 6.85. The predicted molar refractivity (Wildman–Crippen MR) is 142 cm³/mol. The minimum Gasteiger partial charge on any atom is -0.322 e. The Bertz CT molecular complexity index is 1430. The molecule has 0 saturated heterocycles. The van der Waals surface area contributed by atoms with E-state index in [1.807, 2.05) is 30.3 Å². The van der Waals surface area contributed by atoms with Crippen LogP contribution in [0, 0.1) is 0 Å². The zero-order chi connectivity index (χ0) is 24.5. The molecule has 1 N–H and O–H groups in total. The van der Waals surface area contributed by atoms with Crippen molar-refractivity contribution in [1.82, 2.24) is 0 Å². The maximum Gasteiger partial charge on any atom is 0.258 e. The second kappa shape index (κ2) is 9.74. The lowest BCUT2D eigenvalue weighted by Crippen LogP contribution is -2.30. The summed E-state index contributed by atoms with van der Waals surface area (Å²) < 4.78 is 0. The molecule has 0 saturated carbocycles. The predicted octanol–water partition coefficient (Wildman–Crippen LogP) is 7.65. The average Bonchev–Trinajstić information content (AvgIpc) is 3.00. The van der Waals surface area contributed by atoms with Gasteiger partial charge in [-0.1, -0.05) is 65.1 Å². The quantitative estimate of drug-likeness (QED) is 0.301. The highest BCUT2D eigenvalue weighted by molar-refractivity contribution is 6.40. The Balaban J connectivity index is 1.42. The van der Waals surface area contributed by atoms with Crippen LogP contribution < -0.4 is 10.2 Å². The van der Waals surface area contributed by atoms with Crippen LogP contribution in [-0.4, -0.2) is 11.8 Å². The lowest BCUT2D eigenvalue weighted by atomic mass is 10.0. The third kappa shape index (κ3) is 4.78. The van der Waals surface area contributed by atoms with E-state index in [1.54, 1.807) is 53.4 Å². The van der Waals surface area contributed by atoms with Crippen LogP contribution in [0.2, 0.25) is 15.1 Å². The monoisotopic (exact) mass is 520 g/mol. The van der Waals surface area contributed by atoms with Gasteiger partial charge in [-0.25, -0.2) is 0 Å². The van der Waals surface area contributed by atoms with Crippen molar-refractivity contribution in [2.75, 3.05) is 10.2 Å². The number of fused-ring (bicyclic) bond motifs is 2. The van der Waals surface area contributed by atoms with E-state index in [1.165, 1.54) is 5.56 Å². The molecule has 35 heavy (non-hydrogen) atoms. The fourth-order valence-electron chi connectivity index (χ4n) is 4.25. The van der Waals surface area contributed by atoms with Gasteiger partial charge in [-0.3, -0.25) is 9.59 Å². The van der Waals surface area contributed by atoms with E-state index in [4.69, 9.17) is 34.8 Å². The molecule has 0 bridgehead atoms. The molecular weight excluding hydrogens is 503 g/mol. The topological polar surface area (TPSA) is 49.4 Å². The molecule has 1 aliphatic rings. The minimum absolute atomic E-state index is 0.141. The van der Waals surface area contributed by atoms with Crippen molar-refractivity contribution < 1.29 is 9.59 Å². The molecule has 4 nitrogen and oxygen atoms in total. The highest BCUT2D eigenvalue weighted by Gasteiger charge is 2.25. The maximum absolute atomic E-state index is 13.6. The van der Waals surface area contributed by atoms with Gasteiger partial charge in [0.1, 0.15) is 0 Å². The van der Waals surface area contributed by atoms with Gasteiger partial charge in [0.25, 0.3) is 11.8 Å². The summed E-state index contributed by atoms with van der Waals surface area (Å²) in [6, 6.07) is 25.4. The van der Waals surface area contributed by atoms with Crippen LogP contribution in [0.4, 0.5) is 11.4 Å². The number of hydrogen-bond acceptors (Lipinski definition) is 2. The number of rotatable bonds is 3. The normalized spacial score (nSPS) is 12.4. The van der Waals surface area contributed by atoms with Crippen molar-refractivity contribution in [2.24, 2.45) is 0 Å². The summed E-state index contributed by atoms with van der Waals surface area (Å²) in [7, 11) is 0. The smallest absolute Gasteiger partial charge is 0.258 e. The highest BCUT2D eigenvalue weighted by atomic mass is 35.5. The van der Waals surface area contributed by atoms with Gasteiger partial charge in [-0.2, -0.15) is 0 Å². The van der Waals surface area contributed by atoms with Crippen LogP contribution in [0.1, 0.15) is 37.4 Å². The molecule has 0 atom stereocenters. The first kappa shape index (κ1) is 23.4. The molecule has 0 aromatic heterocycles. The number of hydrogen-bond donors (Lipinski definition) is 1. The lowest BCUT2D eigenvalue weighted by molar-refractivity contribution is 0.0984. The Morgan fingerprint density at radius 1 is 0.743 bits per heavy atom. The maximum atomic E-state index is 13.6. The van der Waals surface area contributed by atoms with Crippen LogP contribution in [0.15, 0.2) is 84.9 Å². The summed E-state index contributed by atoms with van der Waals surface area (Å²) in [6.45, 7) is 0.452. The number of anilines is 2. The Morgan fingerprint density at radius 2 is 1.43 bits per heavy atom. The molecule has 4 aromatic carbocycles. The van der Waals surface area contributed by atoms with E-state index >= 15 is 0 Å². The van der Waals surface area contributed by atoms with Gasteiger partial charge >= 0.3 is 0 Å². The summed E-state index contributed by atoms with van der Waals surface area (Å²) in [4.78, 5) is 28.1. The molecule has 7 heteroatoms. The first-order valence-electron chi connectivity index (χ1n) is 10.9. The highest BCUT2D eigenvalue weighted by Crippen LogP contribution is 2.34. The average molecular weight is 522 g/mol. The largest absolute Gasteiger partial charge is 0.322 e. The number of carbonyl (C=O) groups is 2. The van der Waals surface area contributed by atoms with Crippen molar-refractivity contribution in [3.05, 3.63) is 128 Å². The number of benzene rings is 4. The van der Waals surface area contributed by atoms with E-state index in [-0.39, 0.29) is 21.5 Å². The van der Waals surface area contributed by atoms with Gasteiger partial charge in [0, 0.05) is 22.0 Å². The van der Waals surface area contributed by atoms with Gasteiger partial charge in [0.2, 0.25) is 0 Å². The van der Waals surface area contributed by atoms with Crippen molar-refractivity contribution in [2.45, 2.75) is 13.0 Å². The third-order valence-electron chi connectivity index (χ3n) is 5.98. The van der Waals surface area contributed by atoms with E-state index in [0.717, 1.165) is 16.8 Å². The van der Waals surface area contributed by atoms with E-state index in [2.05, 4.69) is 11.4 Å². The molecule has 174 valence electrons. The number of amides is 2. The summed E-state index contributed by atoms with van der Waals surface area (Å²) in [5, 5.41) is 3.95. The molecule has 0 fully saturated rings. The van der Waals surface area contributed by atoms with Gasteiger partial charge in [0.15, 0.2) is 0 Å². The van der Waals surface area contributed by atoms with Gasteiger partial charge in [0.05, 0.1) is 22.2 Å². The fraction of sp³-hybridized carbons (Fsp3) is 0.0714. The molecule has 5 rings (SSSR count). The van der Waals surface area contributed by atoms with E-state index in [9.17, 15) is 9.59 Å². The second-order valence-corrected chi connectivity index (χ2v) is 9.49. The molecule has 1 aliphatic heterocycles. The fourth-order valence-corrected chi connectivity index (χ4v) is 5.01. The van der Waals surface area contributed by atoms with Crippen molar-refractivity contribution in [3.8, 4) is 0 Å². The summed E-state index contributed by atoms with van der Waals surface area (Å²) in [5.41, 5.74) is 5.32. The Kier molecular flexibility index (Phi) is 6.52. The molecular formula is C28H19Cl3N2O2. The first-order chi connectivity index (χ1) is 16.9. The van der Waals surface area contributed by atoms with E-state index in [0.29, 0.717) is 29.2 Å². The lowest BCUT2D eigenvalue weighted by Gasteiger charge is -2.24. The minimum atomic E-state index is -0.422. The van der Waals surface area contributed by atoms with Gasteiger partial charge in [-0.15, -0.1) is 0 Å². The Morgan fingerprint density at radius 3 is 2.14 bits per heavy atom. The standard InChI is InChI=1S/C28H19Cl3N2O2/c29-21-10-13-25-20(15-21)14-18-4-1-2-5-19(18)16-33(25)28(35)17-8-11-22(12-9-17)32-27(34)26-23(30)6-3-7-24(26)31/h1-13,15H,14,16H2,(H,32,34). The summed E-state index contributed by atoms with van der Waals surface area (Å²) in [5.74, 6) is -0.563. The SMILES string of the molecule is O=C(Nc1ccc(C(=O)N2Cc3ccccc3Cc3cc(Cl)ccc32)cc1)c1c(Cl)cccc1Cl. The van der Waals surface area contributed by atoms with Crippen LogP contribution in [0.25, 0.3) is 0 Å². The van der Waals surface area contributed by atoms with Crippen molar-refractivity contribution in [1.29, 1.82) is 0 Å². The number of carbonyl (C=O) groups excluding carboxylic acids is 2.